The fraction of sp³-hybridized carbons (Fsp3) is 0.684. The van der Waals surface area contributed by atoms with Gasteiger partial charge in [0, 0.05) is 45.9 Å². The molecule has 2 N–H and O–H groups in total. The van der Waals surface area contributed by atoms with E-state index in [1.165, 1.54) is 36.0 Å². The zero-order chi connectivity index (χ0) is 35.3. The van der Waals surface area contributed by atoms with E-state index in [1.807, 2.05) is 19.1 Å². The highest BCUT2D eigenvalue weighted by Gasteiger charge is 2.26. The molecule has 0 radical (unpaired) electrons. The maximum absolute atomic E-state index is 12.2. The minimum atomic E-state index is -0.105. The van der Waals surface area contributed by atoms with Crippen molar-refractivity contribution in [2.45, 2.75) is 73.1 Å². The van der Waals surface area contributed by atoms with Crippen LogP contribution in [0.4, 0.5) is 0 Å². The Morgan fingerprint density at radius 3 is 1.92 bits per heavy atom. The summed E-state index contributed by atoms with van der Waals surface area (Å²) in [4.78, 5) is 24.0. The molecule has 0 fully saturated rings. The largest absolute Gasteiger partial charge is 0.382 e. The summed E-state index contributed by atoms with van der Waals surface area (Å²) >= 11 is 0. The first kappa shape index (κ1) is 43.4. The van der Waals surface area contributed by atoms with Crippen molar-refractivity contribution < 1.29 is 38.0 Å². The zero-order valence-electron chi connectivity index (χ0n) is 30.7. The Balaban J connectivity index is 1.97. The van der Waals surface area contributed by atoms with Crippen LogP contribution in [0.1, 0.15) is 73.1 Å². The Bertz CT molecular complexity index is 1050. The molecule has 0 saturated carbocycles. The summed E-state index contributed by atoms with van der Waals surface area (Å²) < 4.78 is 32.2. The molecule has 274 valence electrons. The molecule has 0 spiro atoms. The quantitative estimate of drug-likeness (QED) is 0.0621. The molecule has 1 aliphatic rings. The van der Waals surface area contributed by atoms with Gasteiger partial charge in [-0.15, -0.1) is 0 Å². The predicted octanol–water partition coefficient (Wildman–Crippen LogP) is 5.65. The molecule has 0 aliphatic heterocycles. The molecule has 48 heavy (non-hydrogen) atoms. The number of amides is 2. The molecule has 0 bridgehead atoms. The molecule has 0 unspecified atom stereocenters. The summed E-state index contributed by atoms with van der Waals surface area (Å²) in [5.74, 6) is -0.142. The highest BCUT2D eigenvalue weighted by Crippen LogP contribution is 2.40. The van der Waals surface area contributed by atoms with Gasteiger partial charge in [0.05, 0.1) is 59.5 Å². The molecule has 0 saturated heterocycles. The maximum Gasteiger partial charge on any atom is 0.244 e. The van der Waals surface area contributed by atoms with Gasteiger partial charge in [0.1, 0.15) is 0 Å². The fourth-order valence-electron chi connectivity index (χ4n) is 4.99. The van der Waals surface area contributed by atoms with Gasteiger partial charge in [0.25, 0.3) is 0 Å². The number of rotatable bonds is 28. The van der Waals surface area contributed by atoms with Crippen molar-refractivity contribution in [3.8, 4) is 0 Å². The predicted molar refractivity (Wildman–Crippen MR) is 192 cm³/mol. The van der Waals surface area contributed by atoms with Crippen molar-refractivity contribution in [2.75, 3.05) is 92.9 Å². The first-order valence-corrected chi connectivity index (χ1v) is 17.5. The number of nitrogens with one attached hydrogen (secondary N) is 2. The monoisotopic (exact) mass is 676 g/mol. The number of hydrogen-bond acceptors (Lipinski definition) is 8. The number of carbonyl (C=O) groups is 2. The summed E-state index contributed by atoms with van der Waals surface area (Å²) in [6, 6.07) is 0. The highest BCUT2D eigenvalue weighted by atomic mass is 16.5. The highest BCUT2D eigenvalue weighted by molar-refractivity contribution is 5.88. The van der Waals surface area contributed by atoms with E-state index in [0.717, 1.165) is 18.4 Å². The summed E-state index contributed by atoms with van der Waals surface area (Å²) in [6.07, 6.45) is 17.6. The number of allylic oxidation sites excluding steroid dienone is 9. The number of hydrogen-bond donors (Lipinski definition) is 2. The molecule has 10 nitrogen and oxygen atoms in total. The molecule has 1 rings (SSSR count). The van der Waals surface area contributed by atoms with Crippen LogP contribution in [0.3, 0.4) is 0 Å². The van der Waals surface area contributed by atoms with Crippen LogP contribution >= 0.6 is 0 Å². The van der Waals surface area contributed by atoms with Gasteiger partial charge in [-0.25, -0.2) is 0 Å². The summed E-state index contributed by atoms with van der Waals surface area (Å²) in [5.41, 5.74) is 5.26. The average Bonchev–Trinajstić information content (AvgIpc) is 3.03. The Labute approximate surface area is 290 Å². The Morgan fingerprint density at radius 2 is 1.31 bits per heavy atom. The molecular formula is C38H64N2O8. The van der Waals surface area contributed by atoms with Crippen LogP contribution in [-0.4, -0.2) is 105 Å². The SMILES string of the molecule is COCCOCCOCCC(=O)NCCCOCCOCCOCCCNC(=O)C=C(C)C=CC=C(C)C=CC1=C(C)CCCC1(C)C. The standard InChI is InChI=1S/C38H64N2O8/c1-32(14-15-35-34(3)13-8-17-38(35,4)5)11-7-12-33(2)31-37(42)40-19-10-21-45-26-29-48-28-25-44-20-9-18-39-36(41)16-22-46-27-30-47-24-23-43-6/h7,11-12,14-15,31H,8-10,13,16-30H2,1-6H3,(H,39,41)(H,40,42). The normalized spacial score (nSPS) is 15.5. The Hall–Kier alpha value is -2.60. The van der Waals surface area contributed by atoms with Gasteiger partial charge in [-0.1, -0.05) is 55.4 Å². The minimum absolute atomic E-state index is 0.0366. The molecule has 0 heterocycles. The first-order chi connectivity index (χ1) is 23.2. The van der Waals surface area contributed by atoms with Crippen LogP contribution in [0.15, 0.2) is 58.7 Å². The van der Waals surface area contributed by atoms with Gasteiger partial charge in [-0.2, -0.15) is 0 Å². The summed E-state index contributed by atoms with van der Waals surface area (Å²) in [7, 11) is 1.63. The van der Waals surface area contributed by atoms with Crippen LogP contribution < -0.4 is 10.6 Å². The molecule has 0 aromatic heterocycles. The third kappa shape index (κ3) is 23.7. The van der Waals surface area contributed by atoms with Gasteiger partial charge in [-0.05, 0) is 69.4 Å². The summed E-state index contributed by atoms with van der Waals surface area (Å²) in [5, 5.41) is 5.76. The fourth-order valence-corrected chi connectivity index (χ4v) is 4.99. The zero-order valence-corrected chi connectivity index (χ0v) is 30.7. The molecule has 1 aliphatic carbocycles. The van der Waals surface area contributed by atoms with Gasteiger partial charge in [0.2, 0.25) is 11.8 Å². The molecule has 0 aromatic carbocycles. The van der Waals surface area contributed by atoms with E-state index < -0.39 is 0 Å². The average molecular weight is 677 g/mol. The van der Waals surface area contributed by atoms with E-state index in [1.54, 1.807) is 13.2 Å². The molecule has 10 heteroatoms. The van der Waals surface area contributed by atoms with Crippen LogP contribution in [0.5, 0.6) is 0 Å². The van der Waals surface area contributed by atoms with Gasteiger partial charge in [0.15, 0.2) is 0 Å². The lowest BCUT2D eigenvalue weighted by Crippen LogP contribution is -2.26. The molecule has 0 aromatic rings. The van der Waals surface area contributed by atoms with E-state index >= 15 is 0 Å². The van der Waals surface area contributed by atoms with E-state index in [2.05, 4.69) is 56.6 Å². The molecule has 0 atom stereocenters. The van der Waals surface area contributed by atoms with Crippen molar-refractivity contribution in [2.24, 2.45) is 5.41 Å². The van der Waals surface area contributed by atoms with Crippen LogP contribution in [0, 0.1) is 5.41 Å². The first-order valence-electron chi connectivity index (χ1n) is 17.5. The maximum atomic E-state index is 12.2. The second-order valence-electron chi connectivity index (χ2n) is 12.6. The lowest BCUT2D eigenvalue weighted by molar-refractivity contribution is -0.122. The van der Waals surface area contributed by atoms with Crippen molar-refractivity contribution in [1.82, 2.24) is 10.6 Å². The van der Waals surface area contributed by atoms with E-state index in [9.17, 15) is 9.59 Å². The van der Waals surface area contributed by atoms with E-state index in [4.69, 9.17) is 28.4 Å². The van der Waals surface area contributed by atoms with Crippen molar-refractivity contribution in [1.29, 1.82) is 0 Å². The second kappa shape index (κ2) is 28.3. The van der Waals surface area contributed by atoms with E-state index in [-0.39, 0.29) is 17.2 Å². The Morgan fingerprint density at radius 1 is 0.750 bits per heavy atom. The molecular weight excluding hydrogens is 612 g/mol. The van der Waals surface area contributed by atoms with Crippen molar-refractivity contribution in [3.05, 3.63) is 58.7 Å². The lowest BCUT2D eigenvalue weighted by atomic mass is 9.72. The minimum Gasteiger partial charge on any atom is -0.382 e. The topological polar surface area (TPSA) is 114 Å². The second-order valence-corrected chi connectivity index (χ2v) is 12.6. The summed E-state index contributed by atoms with van der Waals surface area (Å²) in [6.45, 7) is 17.5. The smallest absolute Gasteiger partial charge is 0.244 e. The van der Waals surface area contributed by atoms with Crippen LogP contribution in [0.25, 0.3) is 0 Å². The van der Waals surface area contributed by atoms with E-state index in [0.29, 0.717) is 92.2 Å². The van der Waals surface area contributed by atoms with Crippen LogP contribution in [0.2, 0.25) is 0 Å². The number of ether oxygens (including phenoxy) is 6. The molecule has 2 amide bonds. The lowest BCUT2D eigenvalue weighted by Gasteiger charge is -2.32. The van der Waals surface area contributed by atoms with Gasteiger partial charge in [-0.3, -0.25) is 9.59 Å². The van der Waals surface area contributed by atoms with Crippen molar-refractivity contribution in [3.63, 3.8) is 0 Å². The number of carbonyl (C=O) groups excluding carboxylic acids is 2. The van der Waals surface area contributed by atoms with Gasteiger partial charge >= 0.3 is 0 Å². The third-order valence-corrected chi connectivity index (χ3v) is 7.71. The Kier molecular flexibility index (Phi) is 25.6. The van der Waals surface area contributed by atoms with Crippen LogP contribution in [-0.2, 0) is 38.0 Å². The van der Waals surface area contributed by atoms with Crippen molar-refractivity contribution >= 4 is 11.8 Å². The van der Waals surface area contributed by atoms with Gasteiger partial charge < -0.3 is 39.1 Å². The number of methoxy groups -OCH3 is 1. The third-order valence-electron chi connectivity index (χ3n) is 7.71.